The van der Waals surface area contributed by atoms with E-state index in [1.807, 2.05) is 0 Å². The molecule has 0 bridgehead atoms. The fraction of sp³-hybridized carbons (Fsp3) is 0.600. The third-order valence-corrected chi connectivity index (χ3v) is 0.811. The van der Waals surface area contributed by atoms with Gasteiger partial charge in [0.05, 0.1) is 0 Å². The molecule has 0 radical (unpaired) electrons. The highest BCUT2D eigenvalue weighted by Gasteiger charge is 2.00. The van der Waals surface area contributed by atoms with Gasteiger partial charge in [-0.1, -0.05) is 5.92 Å². The molecular weight excluding hydrogens is 76.1 g/mol. The molecule has 1 heteroatoms. The summed E-state index contributed by atoms with van der Waals surface area (Å²) in [4.78, 5) is 0. The van der Waals surface area contributed by atoms with Crippen LogP contribution in [-0.4, -0.2) is 11.2 Å². The second-order valence-corrected chi connectivity index (χ2v) is 1.38. The first-order chi connectivity index (χ1) is 2.89. The summed E-state index contributed by atoms with van der Waals surface area (Å²) < 4.78 is 0. The average molecular weight is 82.1 g/mol. The monoisotopic (exact) mass is 82.0 g/mol. The van der Waals surface area contributed by atoms with Gasteiger partial charge in [-0.3, -0.25) is 0 Å². The fourth-order valence-electron chi connectivity index (χ4n) is 0.471. The van der Waals surface area contributed by atoms with E-state index in [9.17, 15) is 0 Å². The van der Waals surface area contributed by atoms with Crippen LogP contribution in [0.15, 0.2) is 0 Å². The number of aliphatic hydroxyl groups is 1. The van der Waals surface area contributed by atoms with Crippen molar-refractivity contribution in [2.24, 2.45) is 0 Å². The van der Waals surface area contributed by atoms with Crippen molar-refractivity contribution in [2.45, 2.75) is 18.9 Å². The number of hydrogen-bond acceptors (Lipinski definition) is 1. The number of aliphatic hydroxyl groups excluding tert-OH is 1. The Hall–Kier alpha value is -0.480. The maximum Gasteiger partial charge on any atom is 0.115 e. The lowest BCUT2D eigenvalue weighted by molar-refractivity contribution is 0.230. The second kappa shape index (κ2) is 1.32. The third-order valence-electron chi connectivity index (χ3n) is 0.811. The Labute approximate surface area is 37.0 Å². The summed E-state index contributed by atoms with van der Waals surface area (Å²) in [7, 11) is 0. The van der Waals surface area contributed by atoms with E-state index < -0.39 is 0 Å². The van der Waals surface area contributed by atoms with Crippen LogP contribution in [0.3, 0.4) is 0 Å². The van der Waals surface area contributed by atoms with Gasteiger partial charge in [0.1, 0.15) is 6.10 Å². The Morgan fingerprint density at radius 1 is 1.67 bits per heavy atom. The first-order valence-electron chi connectivity index (χ1n) is 2.06. The molecule has 0 heterocycles. The quantitative estimate of drug-likeness (QED) is 0.412. The first kappa shape index (κ1) is 3.70. The molecule has 1 rings (SSSR count). The molecule has 1 atom stereocenters. The van der Waals surface area contributed by atoms with E-state index in [1.54, 1.807) is 0 Å². The minimum absolute atomic E-state index is 0.315. The first-order valence-corrected chi connectivity index (χ1v) is 2.06. The summed E-state index contributed by atoms with van der Waals surface area (Å²) in [5.74, 6) is 5.40. The van der Waals surface area contributed by atoms with Crippen LogP contribution in [0.4, 0.5) is 0 Å². The number of hydrogen-bond donors (Lipinski definition) is 1. The Balaban J connectivity index is 2.45. The molecule has 0 saturated heterocycles. The van der Waals surface area contributed by atoms with Crippen LogP contribution in [0.25, 0.3) is 0 Å². The number of rotatable bonds is 0. The van der Waals surface area contributed by atoms with Gasteiger partial charge in [0.2, 0.25) is 0 Å². The summed E-state index contributed by atoms with van der Waals surface area (Å²) >= 11 is 0. The Morgan fingerprint density at radius 2 is 2.50 bits per heavy atom. The summed E-state index contributed by atoms with van der Waals surface area (Å²) in [6.07, 6.45) is 1.38. The van der Waals surface area contributed by atoms with Crippen molar-refractivity contribution >= 4 is 0 Å². The molecular formula is C5H6O. The van der Waals surface area contributed by atoms with Crippen LogP contribution in [-0.2, 0) is 0 Å². The van der Waals surface area contributed by atoms with E-state index in [-0.39, 0.29) is 6.10 Å². The van der Waals surface area contributed by atoms with Gasteiger partial charge in [-0.25, -0.2) is 0 Å². The zero-order valence-electron chi connectivity index (χ0n) is 3.44. The molecule has 0 saturated carbocycles. The molecule has 1 nitrogen and oxygen atoms in total. The van der Waals surface area contributed by atoms with Crippen LogP contribution in [0.2, 0.25) is 0 Å². The topological polar surface area (TPSA) is 20.2 Å². The zero-order valence-corrected chi connectivity index (χ0v) is 3.44. The maximum atomic E-state index is 8.56. The molecule has 0 aliphatic heterocycles. The lowest BCUT2D eigenvalue weighted by Gasteiger charge is -1.87. The smallest absolute Gasteiger partial charge is 0.115 e. The molecule has 32 valence electrons. The predicted octanol–water partition coefficient (Wildman–Crippen LogP) is 0.144. The maximum absolute atomic E-state index is 8.56. The summed E-state index contributed by atoms with van der Waals surface area (Å²) in [6.45, 7) is 0. The molecule has 0 aromatic rings. The largest absolute Gasteiger partial charge is 0.380 e. The molecule has 0 aromatic carbocycles. The van der Waals surface area contributed by atoms with E-state index in [1.165, 1.54) is 0 Å². The van der Waals surface area contributed by atoms with Crippen LogP contribution >= 0.6 is 0 Å². The van der Waals surface area contributed by atoms with Crippen molar-refractivity contribution in [1.82, 2.24) is 0 Å². The van der Waals surface area contributed by atoms with Gasteiger partial charge < -0.3 is 5.11 Å². The van der Waals surface area contributed by atoms with Crippen molar-refractivity contribution < 1.29 is 5.11 Å². The van der Waals surface area contributed by atoms with Crippen molar-refractivity contribution in [2.75, 3.05) is 0 Å². The van der Waals surface area contributed by atoms with Crippen molar-refractivity contribution in [3.63, 3.8) is 0 Å². The third kappa shape index (κ3) is 0.526. The molecule has 0 unspecified atom stereocenters. The fourth-order valence-corrected chi connectivity index (χ4v) is 0.471. The summed E-state index contributed by atoms with van der Waals surface area (Å²) in [6, 6.07) is 0. The molecule has 0 aromatic heterocycles. The molecule has 0 spiro atoms. The average Bonchev–Trinajstić information content (AvgIpc) is 1.86. The van der Waals surface area contributed by atoms with Gasteiger partial charge in [-0.15, -0.1) is 5.92 Å². The lowest BCUT2D eigenvalue weighted by Crippen LogP contribution is -1.94. The highest BCUT2D eigenvalue weighted by molar-refractivity contribution is 5.10. The van der Waals surface area contributed by atoms with Gasteiger partial charge in [-0.2, -0.15) is 0 Å². The second-order valence-electron chi connectivity index (χ2n) is 1.38. The molecule has 1 aliphatic carbocycles. The highest BCUT2D eigenvalue weighted by atomic mass is 16.3. The van der Waals surface area contributed by atoms with Crippen LogP contribution in [0.1, 0.15) is 12.8 Å². The van der Waals surface area contributed by atoms with E-state index in [0.717, 1.165) is 12.8 Å². The van der Waals surface area contributed by atoms with Crippen molar-refractivity contribution in [1.29, 1.82) is 0 Å². The van der Waals surface area contributed by atoms with Gasteiger partial charge in [0.15, 0.2) is 0 Å². The van der Waals surface area contributed by atoms with E-state index in [0.29, 0.717) is 0 Å². The van der Waals surface area contributed by atoms with Gasteiger partial charge in [0.25, 0.3) is 0 Å². The van der Waals surface area contributed by atoms with Crippen molar-refractivity contribution in [3.05, 3.63) is 0 Å². The van der Waals surface area contributed by atoms with E-state index in [2.05, 4.69) is 11.8 Å². The van der Waals surface area contributed by atoms with Crippen LogP contribution in [0.5, 0.6) is 0 Å². The SMILES string of the molecule is O[C@H]1C#CCC1. The van der Waals surface area contributed by atoms with Gasteiger partial charge >= 0.3 is 0 Å². The molecule has 0 fully saturated rings. The molecule has 6 heavy (non-hydrogen) atoms. The zero-order chi connectivity index (χ0) is 4.41. The summed E-state index contributed by atoms with van der Waals surface area (Å²) in [5.41, 5.74) is 0. The highest BCUT2D eigenvalue weighted by Crippen LogP contribution is 1.99. The summed E-state index contributed by atoms with van der Waals surface area (Å²) in [5, 5.41) is 8.56. The standard InChI is InChI=1S/C5H6O/c6-5-3-1-2-4-5/h5-6H,1,3H2/t5-/m1/s1. The Morgan fingerprint density at radius 3 is 2.67 bits per heavy atom. The minimum atomic E-state index is -0.315. The van der Waals surface area contributed by atoms with Crippen LogP contribution in [0, 0.1) is 11.8 Å². The van der Waals surface area contributed by atoms with Crippen LogP contribution < -0.4 is 0 Å². The minimum Gasteiger partial charge on any atom is -0.380 e. The Kier molecular flexibility index (Phi) is 0.813. The normalized spacial score (nSPS) is 29.2. The van der Waals surface area contributed by atoms with E-state index >= 15 is 0 Å². The van der Waals surface area contributed by atoms with Gasteiger partial charge in [-0.05, 0) is 6.42 Å². The predicted molar refractivity (Wildman–Crippen MR) is 23.0 cm³/mol. The Bertz CT molecular complexity index is 96.2. The van der Waals surface area contributed by atoms with Gasteiger partial charge in [0, 0.05) is 6.42 Å². The lowest BCUT2D eigenvalue weighted by atomic mass is 10.3. The van der Waals surface area contributed by atoms with E-state index in [4.69, 9.17) is 5.11 Å². The molecule has 1 aliphatic rings. The molecule has 1 N–H and O–H groups in total. The van der Waals surface area contributed by atoms with Crippen molar-refractivity contribution in [3.8, 4) is 11.8 Å². The molecule has 0 amide bonds.